The number of benzene rings is 3. The molecule has 4 rings (SSSR count). The molecule has 1 amide bonds. The highest BCUT2D eigenvalue weighted by Crippen LogP contribution is 2.31. The number of carbonyl (C=O) groups excluding carboxylic acids is 1. The molecule has 0 fully saturated rings. The third kappa shape index (κ3) is 3.30. The second-order valence-electron chi connectivity index (χ2n) is 6.06. The highest BCUT2D eigenvalue weighted by atomic mass is 79.9. The number of ether oxygens (including phenoxy) is 1. The first-order valence-electron chi connectivity index (χ1n) is 8.20. The largest absolute Gasteiger partial charge is 0.484 e. The molecule has 0 aliphatic rings. The zero-order valence-corrected chi connectivity index (χ0v) is 15.7. The van der Waals surface area contributed by atoms with Gasteiger partial charge in [0.25, 0.3) is 5.91 Å². The lowest BCUT2D eigenvalue weighted by atomic mass is 10.1. The fourth-order valence-corrected chi connectivity index (χ4v) is 3.11. The van der Waals surface area contributed by atoms with E-state index in [9.17, 15) is 4.79 Å². The maximum atomic E-state index is 12.1. The van der Waals surface area contributed by atoms with Crippen molar-refractivity contribution in [2.75, 3.05) is 11.9 Å². The average Bonchev–Trinajstić information content (AvgIpc) is 3.01. The molecule has 1 N–H and O–H groups in total. The smallest absolute Gasteiger partial charge is 0.262 e. The summed E-state index contributed by atoms with van der Waals surface area (Å²) in [6.07, 6.45) is 0. The van der Waals surface area contributed by atoms with Gasteiger partial charge in [0, 0.05) is 20.9 Å². The Balaban J connectivity index is 1.47. The normalized spacial score (nSPS) is 11.0. The van der Waals surface area contributed by atoms with Gasteiger partial charge in [-0.25, -0.2) is 0 Å². The summed E-state index contributed by atoms with van der Waals surface area (Å²) >= 11 is 3.45. The van der Waals surface area contributed by atoms with Crippen LogP contribution in [0.4, 0.5) is 5.69 Å². The Hall–Kier alpha value is -2.79. The minimum Gasteiger partial charge on any atom is -0.484 e. The standard InChI is InChI=1S/C21H16BrNO3/c1-13-10-14(6-8-18(13)22)23-21(24)12-25-15-7-9-20-17(11-15)16-4-2-3-5-19(16)26-20/h2-11H,12H2,1H3,(H,23,24). The number of carbonyl (C=O) groups is 1. The van der Waals surface area contributed by atoms with Crippen molar-refractivity contribution in [3.05, 3.63) is 70.7 Å². The van der Waals surface area contributed by atoms with E-state index in [4.69, 9.17) is 9.15 Å². The molecule has 4 aromatic rings. The molecular formula is C21H16BrNO3. The van der Waals surface area contributed by atoms with Crippen LogP contribution in [0.1, 0.15) is 5.56 Å². The average molecular weight is 410 g/mol. The van der Waals surface area contributed by atoms with Crippen molar-refractivity contribution in [3.63, 3.8) is 0 Å². The van der Waals surface area contributed by atoms with Crippen LogP contribution in [0.15, 0.2) is 69.6 Å². The molecule has 0 aliphatic carbocycles. The fourth-order valence-electron chi connectivity index (χ4n) is 2.86. The number of aryl methyl sites for hydroxylation is 1. The van der Waals surface area contributed by atoms with E-state index in [-0.39, 0.29) is 12.5 Å². The third-order valence-corrected chi connectivity index (χ3v) is 5.05. The first kappa shape index (κ1) is 16.7. The quantitative estimate of drug-likeness (QED) is 0.471. The van der Waals surface area contributed by atoms with Gasteiger partial charge in [-0.2, -0.15) is 0 Å². The molecule has 0 saturated carbocycles. The van der Waals surface area contributed by atoms with Crippen LogP contribution in [0, 0.1) is 6.92 Å². The second kappa shape index (κ2) is 6.84. The number of rotatable bonds is 4. The van der Waals surface area contributed by atoms with Crippen molar-refractivity contribution in [1.29, 1.82) is 0 Å². The summed E-state index contributed by atoms with van der Waals surface area (Å²) in [5.74, 6) is 0.426. The zero-order chi connectivity index (χ0) is 18.1. The number of hydrogen-bond donors (Lipinski definition) is 1. The molecule has 1 aromatic heterocycles. The summed E-state index contributed by atoms with van der Waals surface area (Å²) in [6, 6.07) is 19.1. The van der Waals surface area contributed by atoms with E-state index < -0.39 is 0 Å². The lowest BCUT2D eigenvalue weighted by Crippen LogP contribution is -2.20. The van der Waals surface area contributed by atoms with E-state index in [2.05, 4.69) is 21.2 Å². The zero-order valence-electron chi connectivity index (χ0n) is 14.1. The van der Waals surface area contributed by atoms with Crippen LogP contribution in [0.5, 0.6) is 5.75 Å². The molecule has 0 aliphatic heterocycles. The summed E-state index contributed by atoms with van der Waals surface area (Å²) < 4.78 is 12.5. The van der Waals surface area contributed by atoms with Crippen LogP contribution in [0.2, 0.25) is 0 Å². The highest BCUT2D eigenvalue weighted by Gasteiger charge is 2.09. The van der Waals surface area contributed by atoms with E-state index in [1.54, 1.807) is 0 Å². The van der Waals surface area contributed by atoms with Gasteiger partial charge in [-0.05, 0) is 55.0 Å². The molecule has 0 unspecified atom stereocenters. The van der Waals surface area contributed by atoms with Gasteiger partial charge in [-0.1, -0.05) is 34.1 Å². The fraction of sp³-hybridized carbons (Fsp3) is 0.0952. The molecule has 4 nitrogen and oxygen atoms in total. The topological polar surface area (TPSA) is 51.5 Å². The number of halogens is 1. The van der Waals surface area contributed by atoms with Crippen LogP contribution in [-0.2, 0) is 4.79 Å². The molecular weight excluding hydrogens is 394 g/mol. The van der Waals surface area contributed by atoms with Gasteiger partial charge in [0.1, 0.15) is 16.9 Å². The van der Waals surface area contributed by atoms with Crippen molar-refractivity contribution in [2.24, 2.45) is 0 Å². The van der Waals surface area contributed by atoms with Crippen molar-refractivity contribution < 1.29 is 13.9 Å². The lowest BCUT2D eigenvalue weighted by Gasteiger charge is -2.09. The van der Waals surface area contributed by atoms with Crippen molar-refractivity contribution >= 4 is 49.5 Å². The molecule has 0 spiro atoms. The monoisotopic (exact) mass is 409 g/mol. The predicted octanol–water partition coefficient (Wildman–Crippen LogP) is 5.67. The number of anilines is 1. The Kier molecular flexibility index (Phi) is 4.39. The number of fused-ring (bicyclic) bond motifs is 3. The number of para-hydroxylation sites is 1. The summed E-state index contributed by atoms with van der Waals surface area (Å²) in [5.41, 5.74) is 3.44. The van der Waals surface area contributed by atoms with E-state index in [0.717, 1.165) is 37.7 Å². The van der Waals surface area contributed by atoms with E-state index in [1.807, 2.05) is 67.6 Å². The maximum absolute atomic E-state index is 12.1. The lowest BCUT2D eigenvalue weighted by molar-refractivity contribution is -0.118. The van der Waals surface area contributed by atoms with E-state index >= 15 is 0 Å². The first-order chi connectivity index (χ1) is 12.6. The molecule has 0 saturated heterocycles. The number of hydrogen-bond acceptors (Lipinski definition) is 3. The molecule has 0 radical (unpaired) electrons. The molecule has 3 aromatic carbocycles. The summed E-state index contributed by atoms with van der Waals surface area (Å²) in [6.45, 7) is 1.91. The summed E-state index contributed by atoms with van der Waals surface area (Å²) in [4.78, 5) is 12.1. The number of amides is 1. The van der Waals surface area contributed by atoms with Crippen molar-refractivity contribution in [2.45, 2.75) is 6.92 Å². The van der Waals surface area contributed by atoms with Crippen LogP contribution < -0.4 is 10.1 Å². The number of furan rings is 1. The third-order valence-electron chi connectivity index (χ3n) is 4.16. The molecule has 5 heteroatoms. The minimum absolute atomic E-state index is 0.0591. The number of nitrogens with one attached hydrogen (secondary N) is 1. The van der Waals surface area contributed by atoms with Crippen LogP contribution in [0.25, 0.3) is 21.9 Å². The van der Waals surface area contributed by atoms with E-state index in [0.29, 0.717) is 5.75 Å². The molecule has 130 valence electrons. The van der Waals surface area contributed by atoms with Gasteiger partial charge in [0.2, 0.25) is 0 Å². The highest BCUT2D eigenvalue weighted by molar-refractivity contribution is 9.10. The van der Waals surface area contributed by atoms with Gasteiger partial charge in [0.05, 0.1) is 0 Å². The second-order valence-corrected chi connectivity index (χ2v) is 6.91. The van der Waals surface area contributed by atoms with Gasteiger partial charge in [-0.3, -0.25) is 4.79 Å². The molecule has 0 atom stereocenters. The first-order valence-corrected chi connectivity index (χ1v) is 8.99. The minimum atomic E-state index is -0.205. The van der Waals surface area contributed by atoms with Crippen LogP contribution in [-0.4, -0.2) is 12.5 Å². The van der Waals surface area contributed by atoms with Gasteiger partial charge in [0.15, 0.2) is 6.61 Å². The van der Waals surface area contributed by atoms with Gasteiger partial charge >= 0.3 is 0 Å². The van der Waals surface area contributed by atoms with E-state index in [1.165, 1.54) is 0 Å². The molecule has 0 bridgehead atoms. The summed E-state index contributed by atoms with van der Waals surface area (Å²) in [5, 5.41) is 4.84. The van der Waals surface area contributed by atoms with Crippen LogP contribution >= 0.6 is 15.9 Å². The maximum Gasteiger partial charge on any atom is 0.262 e. The van der Waals surface area contributed by atoms with Gasteiger partial charge in [-0.15, -0.1) is 0 Å². The Labute approximate surface area is 158 Å². The SMILES string of the molecule is Cc1cc(NC(=O)COc2ccc3oc4ccccc4c3c2)ccc1Br. The van der Waals surface area contributed by atoms with Crippen LogP contribution in [0.3, 0.4) is 0 Å². The summed E-state index contributed by atoms with van der Waals surface area (Å²) in [7, 11) is 0. The Morgan fingerprint density at radius 1 is 1.04 bits per heavy atom. The molecule has 1 heterocycles. The van der Waals surface area contributed by atoms with Gasteiger partial charge < -0.3 is 14.5 Å². The van der Waals surface area contributed by atoms with Crippen molar-refractivity contribution in [1.82, 2.24) is 0 Å². The Morgan fingerprint density at radius 2 is 1.85 bits per heavy atom. The molecule has 26 heavy (non-hydrogen) atoms. The predicted molar refractivity (Wildman–Crippen MR) is 107 cm³/mol. The Morgan fingerprint density at radius 3 is 2.69 bits per heavy atom. The van der Waals surface area contributed by atoms with Crippen molar-refractivity contribution in [3.8, 4) is 5.75 Å². The Bertz CT molecular complexity index is 1120.